The van der Waals surface area contributed by atoms with Crippen LogP contribution in [-0.4, -0.2) is 13.0 Å². The monoisotopic (exact) mass is 350 g/mol. The molecule has 21 heavy (non-hydrogen) atoms. The molecule has 0 spiro atoms. The summed E-state index contributed by atoms with van der Waals surface area (Å²) in [5.41, 5.74) is 12.6. The molecule has 0 unspecified atom stereocenters. The van der Waals surface area contributed by atoms with Crippen LogP contribution >= 0.6 is 15.9 Å². The van der Waals surface area contributed by atoms with E-state index in [-0.39, 0.29) is 5.56 Å². The first kappa shape index (κ1) is 15.2. The van der Waals surface area contributed by atoms with Crippen molar-refractivity contribution in [1.82, 2.24) is 0 Å². The quantitative estimate of drug-likeness (QED) is 0.811. The molecule has 0 bridgehead atoms. The number of primary amides is 1. The lowest BCUT2D eigenvalue weighted by atomic mass is 10.1. The number of halogens is 1. The standard InChI is InChI=1S/C15H15BrN2O3/c1-20-14-4-2-9(6-12(14)16)8-21-13-5-3-10(17)7-11(13)15(18)19/h2-7H,8,17H2,1H3,(H2,18,19). The Hall–Kier alpha value is -2.21. The van der Waals surface area contributed by atoms with Crippen LogP contribution < -0.4 is 20.9 Å². The van der Waals surface area contributed by atoms with Crippen molar-refractivity contribution in [2.45, 2.75) is 6.61 Å². The maximum atomic E-state index is 11.4. The van der Waals surface area contributed by atoms with Crippen molar-refractivity contribution in [3.8, 4) is 11.5 Å². The van der Waals surface area contributed by atoms with E-state index < -0.39 is 5.91 Å². The minimum Gasteiger partial charge on any atom is -0.496 e. The van der Waals surface area contributed by atoms with Gasteiger partial charge in [-0.15, -0.1) is 0 Å². The van der Waals surface area contributed by atoms with Crippen LogP contribution in [0.4, 0.5) is 5.69 Å². The number of carbonyl (C=O) groups excluding carboxylic acids is 1. The third kappa shape index (κ3) is 3.66. The summed E-state index contributed by atoms with van der Waals surface area (Å²) < 4.78 is 11.6. The maximum Gasteiger partial charge on any atom is 0.252 e. The Morgan fingerprint density at radius 3 is 2.52 bits per heavy atom. The van der Waals surface area contributed by atoms with Gasteiger partial charge in [-0.3, -0.25) is 4.79 Å². The third-order valence-electron chi connectivity index (χ3n) is 2.88. The summed E-state index contributed by atoms with van der Waals surface area (Å²) in [6.07, 6.45) is 0. The summed E-state index contributed by atoms with van der Waals surface area (Å²) in [7, 11) is 1.60. The lowest BCUT2D eigenvalue weighted by Gasteiger charge is -2.11. The van der Waals surface area contributed by atoms with Crippen molar-refractivity contribution in [3.63, 3.8) is 0 Å². The summed E-state index contributed by atoms with van der Waals surface area (Å²) in [5.74, 6) is 0.570. The number of carbonyl (C=O) groups is 1. The Balaban J connectivity index is 2.16. The van der Waals surface area contributed by atoms with E-state index in [1.165, 1.54) is 6.07 Å². The second-order valence-corrected chi connectivity index (χ2v) is 5.23. The fourth-order valence-electron chi connectivity index (χ4n) is 1.83. The van der Waals surface area contributed by atoms with Gasteiger partial charge in [0.2, 0.25) is 0 Å². The van der Waals surface area contributed by atoms with Gasteiger partial charge in [0.1, 0.15) is 18.1 Å². The third-order valence-corrected chi connectivity index (χ3v) is 3.50. The molecule has 0 saturated heterocycles. The van der Waals surface area contributed by atoms with E-state index in [1.807, 2.05) is 18.2 Å². The zero-order valence-electron chi connectivity index (χ0n) is 11.4. The molecule has 2 rings (SSSR count). The Bertz CT molecular complexity index is 674. The zero-order valence-corrected chi connectivity index (χ0v) is 13.0. The molecule has 0 radical (unpaired) electrons. The lowest BCUT2D eigenvalue weighted by molar-refractivity contribution is 0.0996. The molecule has 1 amide bonds. The smallest absolute Gasteiger partial charge is 0.252 e. The highest BCUT2D eigenvalue weighted by atomic mass is 79.9. The van der Waals surface area contributed by atoms with E-state index in [1.54, 1.807) is 19.2 Å². The van der Waals surface area contributed by atoms with Crippen molar-refractivity contribution in [1.29, 1.82) is 0 Å². The topological polar surface area (TPSA) is 87.6 Å². The highest BCUT2D eigenvalue weighted by molar-refractivity contribution is 9.10. The fourth-order valence-corrected chi connectivity index (χ4v) is 2.41. The Kier molecular flexibility index (Phi) is 4.70. The number of nitrogens with two attached hydrogens (primary N) is 2. The number of ether oxygens (including phenoxy) is 2. The Morgan fingerprint density at radius 1 is 1.19 bits per heavy atom. The van der Waals surface area contributed by atoms with Gasteiger partial charge in [0.25, 0.3) is 5.91 Å². The molecule has 0 aliphatic heterocycles. The molecule has 2 aromatic rings. The Morgan fingerprint density at radius 2 is 1.90 bits per heavy atom. The summed E-state index contributed by atoms with van der Waals surface area (Å²) in [4.78, 5) is 11.4. The maximum absolute atomic E-state index is 11.4. The second-order valence-electron chi connectivity index (χ2n) is 4.38. The van der Waals surface area contributed by atoms with Crippen LogP contribution in [0.15, 0.2) is 40.9 Å². The van der Waals surface area contributed by atoms with Crippen LogP contribution in [0.25, 0.3) is 0 Å². The van der Waals surface area contributed by atoms with E-state index in [0.717, 1.165) is 15.8 Å². The van der Waals surface area contributed by atoms with E-state index in [0.29, 0.717) is 18.0 Å². The van der Waals surface area contributed by atoms with Crippen molar-refractivity contribution < 1.29 is 14.3 Å². The number of amides is 1. The molecule has 6 heteroatoms. The number of hydrogen-bond acceptors (Lipinski definition) is 4. The molecule has 2 aromatic carbocycles. The van der Waals surface area contributed by atoms with Gasteiger partial charge in [-0.25, -0.2) is 0 Å². The SMILES string of the molecule is COc1ccc(COc2ccc(N)cc2C(N)=O)cc1Br. The van der Waals surface area contributed by atoms with Crippen LogP contribution in [-0.2, 0) is 6.61 Å². The van der Waals surface area contributed by atoms with E-state index in [2.05, 4.69) is 15.9 Å². The highest BCUT2D eigenvalue weighted by Crippen LogP contribution is 2.27. The normalized spacial score (nSPS) is 10.2. The summed E-state index contributed by atoms with van der Waals surface area (Å²) >= 11 is 3.41. The number of hydrogen-bond donors (Lipinski definition) is 2. The minimum absolute atomic E-state index is 0.266. The van der Waals surface area contributed by atoms with Gasteiger partial charge in [0.15, 0.2) is 0 Å². The number of methoxy groups -OCH3 is 1. The van der Waals surface area contributed by atoms with Crippen LogP contribution in [0, 0.1) is 0 Å². The molecule has 0 aromatic heterocycles. The molecule has 0 aliphatic rings. The van der Waals surface area contributed by atoms with Gasteiger partial charge in [-0.1, -0.05) is 6.07 Å². The first-order valence-electron chi connectivity index (χ1n) is 6.16. The molecule has 110 valence electrons. The first-order chi connectivity index (χ1) is 10.0. The fraction of sp³-hybridized carbons (Fsp3) is 0.133. The molecule has 0 heterocycles. The van der Waals surface area contributed by atoms with E-state index in [9.17, 15) is 4.79 Å². The van der Waals surface area contributed by atoms with Gasteiger partial charge in [0.05, 0.1) is 17.1 Å². The van der Waals surface area contributed by atoms with Crippen molar-refractivity contribution >= 4 is 27.5 Å². The molecule has 0 atom stereocenters. The number of rotatable bonds is 5. The molecular formula is C15H15BrN2O3. The molecule has 5 nitrogen and oxygen atoms in total. The number of benzene rings is 2. The average molecular weight is 351 g/mol. The Labute approximate surface area is 131 Å². The summed E-state index contributed by atoms with van der Waals surface area (Å²) in [5, 5.41) is 0. The summed E-state index contributed by atoms with van der Waals surface area (Å²) in [6, 6.07) is 10.4. The second kappa shape index (κ2) is 6.49. The van der Waals surface area contributed by atoms with Gasteiger partial charge in [0, 0.05) is 5.69 Å². The average Bonchev–Trinajstić information content (AvgIpc) is 2.46. The first-order valence-corrected chi connectivity index (χ1v) is 6.95. The van der Waals surface area contributed by atoms with Gasteiger partial charge in [-0.05, 0) is 51.8 Å². The van der Waals surface area contributed by atoms with Gasteiger partial charge >= 0.3 is 0 Å². The van der Waals surface area contributed by atoms with Gasteiger partial charge < -0.3 is 20.9 Å². The predicted octanol–water partition coefficient (Wildman–Crippen LogP) is 2.72. The molecular weight excluding hydrogens is 336 g/mol. The van der Waals surface area contributed by atoms with E-state index >= 15 is 0 Å². The van der Waals surface area contributed by atoms with Crippen molar-refractivity contribution in [3.05, 3.63) is 52.0 Å². The lowest BCUT2D eigenvalue weighted by Crippen LogP contribution is -2.13. The van der Waals surface area contributed by atoms with E-state index in [4.69, 9.17) is 20.9 Å². The largest absolute Gasteiger partial charge is 0.496 e. The minimum atomic E-state index is -0.576. The van der Waals surface area contributed by atoms with Crippen molar-refractivity contribution in [2.75, 3.05) is 12.8 Å². The van der Waals surface area contributed by atoms with Crippen LogP contribution in [0.1, 0.15) is 15.9 Å². The van der Waals surface area contributed by atoms with Crippen LogP contribution in [0.2, 0.25) is 0 Å². The molecule has 0 saturated carbocycles. The van der Waals surface area contributed by atoms with Crippen molar-refractivity contribution in [2.24, 2.45) is 5.73 Å². The molecule has 0 aliphatic carbocycles. The van der Waals surface area contributed by atoms with Gasteiger partial charge in [-0.2, -0.15) is 0 Å². The van der Waals surface area contributed by atoms with Crippen LogP contribution in [0.3, 0.4) is 0 Å². The predicted molar refractivity (Wildman–Crippen MR) is 84.4 cm³/mol. The summed E-state index contributed by atoms with van der Waals surface area (Å²) in [6.45, 7) is 0.298. The van der Waals surface area contributed by atoms with Crippen LogP contribution in [0.5, 0.6) is 11.5 Å². The highest BCUT2D eigenvalue weighted by Gasteiger charge is 2.10. The number of anilines is 1. The molecule has 0 fully saturated rings. The molecule has 4 N–H and O–H groups in total. The zero-order chi connectivity index (χ0) is 15.4. The number of nitrogen functional groups attached to an aromatic ring is 1.